The number of hydrogen-bond donors (Lipinski definition) is 0. The molecule has 23 heavy (non-hydrogen) atoms. The molecule has 0 saturated heterocycles. The molecular formula is C22H18O. The van der Waals surface area contributed by atoms with E-state index in [1.165, 1.54) is 32.7 Å². The zero-order chi connectivity index (χ0) is 15.6. The molecule has 0 atom stereocenters. The third-order valence-corrected chi connectivity index (χ3v) is 4.26. The summed E-state index contributed by atoms with van der Waals surface area (Å²) in [6, 6.07) is 27.5. The summed E-state index contributed by atoms with van der Waals surface area (Å²) in [5.74, 6) is 0.983. The maximum Gasteiger partial charge on any atom is 0.130 e. The van der Waals surface area contributed by atoms with Crippen LogP contribution in [0.5, 0.6) is 5.75 Å². The van der Waals surface area contributed by atoms with Gasteiger partial charge in [0.05, 0.1) is 0 Å². The Bertz CT molecular complexity index is 971. The first-order valence-corrected chi connectivity index (χ1v) is 7.90. The van der Waals surface area contributed by atoms with Crippen molar-refractivity contribution in [2.75, 3.05) is 0 Å². The lowest BCUT2D eigenvalue weighted by Crippen LogP contribution is -1.97. The van der Waals surface area contributed by atoms with Crippen LogP contribution in [0, 0.1) is 6.92 Å². The van der Waals surface area contributed by atoms with Crippen LogP contribution in [0.3, 0.4) is 0 Å². The molecule has 0 aliphatic rings. The average Bonchev–Trinajstić information content (AvgIpc) is 2.60. The molecule has 0 aromatic heterocycles. The average molecular weight is 298 g/mol. The highest BCUT2D eigenvalue weighted by atomic mass is 16.5. The van der Waals surface area contributed by atoms with Crippen LogP contribution in [-0.4, -0.2) is 0 Å². The Morgan fingerprint density at radius 3 is 2.17 bits per heavy atom. The van der Waals surface area contributed by atoms with Gasteiger partial charge in [-0.25, -0.2) is 0 Å². The zero-order valence-corrected chi connectivity index (χ0v) is 13.1. The highest BCUT2D eigenvalue weighted by molar-refractivity contribution is 6.01. The molecule has 112 valence electrons. The summed E-state index contributed by atoms with van der Waals surface area (Å²) in [6.45, 7) is 2.70. The van der Waals surface area contributed by atoms with Crippen molar-refractivity contribution in [3.63, 3.8) is 0 Å². The summed E-state index contributed by atoms with van der Waals surface area (Å²) in [5.41, 5.74) is 2.36. The van der Waals surface area contributed by atoms with Crippen LogP contribution in [0.2, 0.25) is 0 Å². The molecule has 0 aliphatic heterocycles. The predicted molar refractivity (Wildman–Crippen MR) is 97.0 cm³/mol. The molecule has 0 radical (unpaired) electrons. The van der Waals surface area contributed by atoms with Gasteiger partial charge in [-0.15, -0.1) is 0 Å². The number of benzene rings is 4. The van der Waals surface area contributed by atoms with Crippen LogP contribution in [0.15, 0.2) is 78.9 Å². The molecule has 0 spiro atoms. The predicted octanol–water partition coefficient (Wildman–Crippen LogP) is 5.88. The van der Waals surface area contributed by atoms with Gasteiger partial charge in [0.25, 0.3) is 0 Å². The van der Waals surface area contributed by atoms with E-state index in [4.69, 9.17) is 4.74 Å². The standard InChI is InChI=1S/C22H18O/c1-16-11-12-20-13-18-9-5-6-10-19(18)14-21(20)22(16)23-15-17-7-3-2-4-8-17/h2-14H,15H2,1H3. The lowest BCUT2D eigenvalue weighted by atomic mass is 10.0. The molecule has 0 amide bonds. The minimum Gasteiger partial charge on any atom is -0.488 e. The van der Waals surface area contributed by atoms with E-state index >= 15 is 0 Å². The second-order valence-electron chi connectivity index (χ2n) is 5.91. The molecule has 0 heterocycles. The van der Waals surface area contributed by atoms with Crippen LogP contribution in [0.4, 0.5) is 0 Å². The number of fused-ring (bicyclic) bond motifs is 2. The molecule has 0 bridgehead atoms. The molecule has 0 fully saturated rings. The van der Waals surface area contributed by atoms with Gasteiger partial charge in [0.2, 0.25) is 0 Å². The third-order valence-electron chi connectivity index (χ3n) is 4.26. The second-order valence-corrected chi connectivity index (χ2v) is 5.91. The first kappa shape index (κ1) is 13.8. The number of rotatable bonds is 3. The second kappa shape index (κ2) is 5.77. The molecule has 1 heteroatoms. The van der Waals surface area contributed by atoms with E-state index in [1.807, 2.05) is 18.2 Å². The molecule has 4 rings (SSSR count). The molecule has 0 unspecified atom stereocenters. The molecule has 4 aromatic rings. The van der Waals surface area contributed by atoms with Crippen LogP contribution < -0.4 is 4.74 Å². The minimum absolute atomic E-state index is 0.591. The van der Waals surface area contributed by atoms with Gasteiger partial charge in [0.15, 0.2) is 0 Å². The normalized spacial score (nSPS) is 11.0. The smallest absolute Gasteiger partial charge is 0.130 e. The van der Waals surface area contributed by atoms with Gasteiger partial charge in [0.1, 0.15) is 12.4 Å². The molecule has 4 aromatic carbocycles. The van der Waals surface area contributed by atoms with E-state index < -0.39 is 0 Å². The van der Waals surface area contributed by atoms with Crippen LogP contribution >= 0.6 is 0 Å². The summed E-state index contributed by atoms with van der Waals surface area (Å²) in [5, 5.41) is 4.91. The Kier molecular flexibility index (Phi) is 3.47. The van der Waals surface area contributed by atoms with E-state index in [1.54, 1.807) is 0 Å². The van der Waals surface area contributed by atoms with Gasteiger partial charge in [0, 0.05) is 5.39 Å². The van der Waals surface area contributed by atoms with Crippen molar-refractivity contribution in [1.29, 1.82) is 0 Å². The van der Waals surface area contributed by atoms with E-state index in [2.05, 4.69) is 67.6 Å². The maximum atomic E-state index is 6.19. The van der Waals surface area contributed by atoms with E-state index in [9.17, 15) is 0 Å². The Labute approximate surface area is 136 Å². The number of ether oxygens (including phenoxy) is 1. The summed E-state index contributed by atoms with van der Waals surface area (Å²) in [4.78, 5) is 0. The van der Waals surface area contributed by atoms with Crippen LogP contribution in [0.25, 0.3) is 21.5 Å². The van der Waals surface area contributed by atoms with Crippen LogP contribution in [-0.2, 0) is 6.61 Å². The van der Waals surface area contributed by atoms with Crippen molar-refractivity contribution in [3.8, 4) is 5.75 Å². The Morgan fingerprint density at radius 1 is 0.696 bits per heavy atom. The number of hydrogen-bond acceptors (Lipinski definition) is 1. The van der Waals surface area contributed by atoms with E-state index in [0.29, 0.717) is 6.61 Å². The van der Waals surface area contributed by atoms with Gasteiger partial charge < -0.3 is 4.74 Å². The van der Waals surface area contributed by atoms with Crippen molar-refractivity contribution in [1.82, 2.24) is 0 Å². The first-order chi connectivity index (χ1) is 11.3. The highest BCUT2D eigenvalue weighted by Crippen LogP contribution is 2.33. The third kappa shape index (κ3) is 2.66. The van der Waals surface area contributed by atoms with Crippen molar-refractivity contribution in [2.45, 2.75) is 13.5 Å². The molecule has 0 N–H and O–H groups in total. The summed E-state index contributed by atoms with van der Waals surface area (Å²) in [7, 11) is 0. The SMILES string of the molecule is Cc1ccc2cc3ccccc3cc2c1OCc1ccccc1. The monoisotopic (exact) mass is 298 g/mol. The largest absolute Gasteiger partial charge is 0.488 e. The van der Waals surface area contributed by atoms with Crippen molar-refractivity contribution >= 4 is 21.5 Å². The Balaban J connectivity index is 1.80. The molecule has 1 nitrogen and oxygen atoms in total. The summed E-state index contributed by atoms with van der Waals surface area (Å²) >= 11 is 0. The summed E-state index contributed by atoms with van der Waals surface area (Å²) < 4.78 is 6.19. The lowest BCUT2D eigenvalue weighted by molar-refractivity contribution is 0.308. The van der Waals surface area contributed by atoms with Crippen molar-refractivity contribution in [2.24, 2.45) is 0 Å². The van der Waals surface area contributed by atoms with E-state index in [0.717, 1.165) is 5.75 Å². The van der Waals surface area contributed by atoms with Gasteiger partial charge in [-0.2, -0.15) is 0 Å². The Hall–Kier alpha value is -2.80. The minimum atomic E-state index is 0.591. The lowest BCUT2D eigenvalue weighted by Gasteiger charge is -2.13. The van der Waals surface area contributed by atoms with E-state index in [-0.39, 0.29) is 0 Å². The number of aryl methyl sites for hydroxylation is 1. The molecular weight excluding hydrogens is 280 g/mol. The van der Waals surface area contributed by atoms with Crippen molar-refractivity contribution in [3.05, 3.63) is 90.0 Å². The first-order valence-electron chi connectivity index (χ1n) is 7.90. The molecule has 0 aliphatic carbocycles. The fourth-order valence-electron chi connectivity index (χ4n) is 3.02. The van der Waals surface area contributed by atoms with Crippen LogP contribution in [0.1, 0.15) is 11.1 Å². The fourth-order valence-corrected chi connectivity index (χ4v) is 3.02. The maximum absolute atomic E-state index is 6.19. The topological polar surface area (TPSA) is 9.23 Å². The van der Waals surface area contributed by atoms with Gasteiger partial charge in [-0.05, 0) is 46.3 Å². The zero-order valence-electron chi connectivity index (χ0n) is 13.1. The fraction of sp³-hybridized carbons (Fsp3) is 0.0909. The van der Waals surface area contributed by atoms with Gasteiger partial charge in [-0.3, -0.25) is 0 Å². The van der Waals surface area contributed by atoms with Gasteiger partial charge in [-0.1, -0.05) is 66.7 Å². The van der Waals surface area contributed by atoms with Gasteiger partial charge >= 0.3 is 0 Å². The summed E-state index contributed by atoms with van der Waals surface area (Å²) in [6.07, 6.45) is 0. The van der Waals surface area contributed by atoms with Crippen molar-refractivity contribution < 1.29 is 4.74 Å². The Morgan fingerprint density at radius 2 is 1.39 bits per heavy atom. The molecule has 0 saturated carbocycles. The highest BCUT2D eigenvalue weighted by Gasteiger charge is 2.08. The quantitative estimate of drug-likeness (QED) is 0.429.